The molecule has 3 aromatic rings. The van der Waals surface area contributed by atoms with E-state index in [2.05, 4.69) is 58.9 Å². The minimum absolute atomic E-state index is 0.701. The Morgan fingerprint density at radius 2 is 1.25 bits per heavy atom. The third-order valence-corrected chi connectivity index (χ3v) is 4.40. The smallest absolute Gasteiger partial charge is 0.0875 e. The molecule has 0 atom stereocenters. The molecule has 0 saturated carbocycles. The van der Waals surface area contributed by atoms with E-state index in [0.29, 0.717) is 5.02 Å². The van der Waals surface area contributed by atoms with Crippen LogP contribution in [-0.4, -0.2) is 5.01 Å². The van der Waals surface area contributed by atoms with Crippen LogP contribution in [0.4, 0.5) is 5.69 Å². The van der Waals surface area contributed by atoms with Gasteiger partial charge in [0.1, 0.15) is 0 Å². The van der Waals surface area contributed by atoms with Crippen LogP contribution in [0.3, 0.4) is 0 Å². The van der Waals surface area contributed by atoms with Crippen molar-refractivity contribution in [3.8, 4) is 11.1 Å². The van der Waals surface area contributed by atoms with Gasteiger partial charge < -0.3 is 0 Å². The Morgan fingerprint density at radius 3 is 1.83 bits per heavy atom. The second-order valence-electron chi connectivity index (χ2n) is 5.80. The molecule has 0 spiro atoms. The Labute approximate surface area is 146 Å². The summed E-state index contributed by atoms with van der Waals surface area (Å²) in [6.07, 6.45) is 0. The lowest BCUT2D eigenvalue weighted by atomic mass is 9.97. The maximum atomic E-state index is 5.91. The zero-order valence-electron chi connectivity index (χ0n) is 13.1. The van der Waals surface area contributed by atoms with Gasteiger partial charge in [-0.1, -0.05) is 65.4 Å². The van der Waals surface area contributed by atoms with Crippen molar-refractivity contribution in [3.63, 3.8) is 0 Å². The first-order valence-electron chi connectivity index (χ1n) is 7.88. The van der Waals surface area contributed by atoms with Crippen LogP contribution in [0.15, 0.2) is 83.1 Å². The largest absolute Gasteiger partial charge is 0.270 e. The lowest BCUT2D eigenvalue weighted by Crippen LogP contribution is -2.14. The highest BCUT2D eigenvalue weighted by Gasteiger charge is 2.17. The highest BCUT2D eigenvalue weighted by Crippen LogP contribution is 2.32. The van der Waals surface area contributed by atoms with Gasteiger partial charge in [0, 0.05) is 5.02 Å². The Hall–Kier alpha value is -2.65. The quantitative estimate of drug-likeness (QED) is 0.527. The van der Waals surface area contributed by atoms with E-state index in [9.17, 15) is 0 Å². The molecule has 24 heavy (non-hydrogen) atoms. The summed E-state index contributed by atoms with van der Waals surface area (Å²) in [6.45, 7) is 1.48. The molecule has 0 radical (unpaired) electrons. The minimum atomic E-state index is 0.701. The third kappa shape index (κ3) is 3.03. The molecule has 4 heteroatoms. The summed E-state index contributed by atoms with van der Waals surface area (Å²) < 4.78 is 0. The molecule has 3 aromatic carbocycles. The van der Waals surface area contributed by atoms with Gasteiger partial charge in [0.15, 0.2) is 0 Å². The molecule has 0 bridgehead atoms. The number of benzene rings is 3. The van der Waals surface area contributed by atoms with E-state index in [1.165, 1.54) is 22.3 Å². The predicted octanol–water partition coefficient (Wildman–Crippen LogP) is 6.02. The van der Waals surface area contributed by atoms with Crippen LogP contribution in [0.1, 0.15) is 11.1 Å². The number of hydrogen-bond donors (Lipinski definition) is 0. The Balaban J connectivity index is 1.68. The molecular formula is C20H16ClN3. The number of nitrogens with zero attached hydrogens (tertiary/aromatic N) is 3. The first-order valence-corrected chi connectivity index (χ1v) is 8.26. The summed E-state index contributed by atoms with van der Waals surface area (Å²) in [7, 11) is 0. The first-order chi connectivity index (χ1) is 11.8. The van der Waals surface area contributed by atoms with Gasteiger partial charge in [0.2, 0.25) is 0 Å². The monoisotopic (exact) mass is 333 g/mol. The van der Waals surface area contributed by atoms with Crippen molar-refractivity contribution in [2.45, 2.75) is 13.1 Å². The van der Waals surface area contributed by atoms with E-state index < -0.39 is 0 Å². The lowest BCUT2D eigenvalue weighted by Gasteiger charge is -2.15. The van der Waals surface area contributed by atoms with E-state index >= 15 is 0 Å². The van der Waals surface area contributed by atoms with Gasteiger partial charge in [-0.25, -0.2) is 0 Å². The maximum Gasteiger partial charge on any atom is 0.0875 e. The van der Waals surface area contributed by atoms with Crippen LogP contribution < -0.4 is 0 Å². The van der Waals surface area contributed by atoms with Gasteiger partial charge >= 0.3 is 0 Å². The standard InChI is InChI=1S/C20H16ClN3/c21-17-9-11-18(12-10-17)22-23-24-13-15-5-1-3-7-19(15)20-8-4-2-6-16(20)14-24/h1-12H,13-14H2. The highest BCUT2D eigenvalue weighted by molar-refractivity contribution is 6.30. The van der Waals surface area contributed by atoms with Crippen molar-refractivity contribution in [1.82, 2.24) is 5.01 Å². The zero-order chi connectivity index (χ0) is 16.4. The Morgan fingerprint density at radius 1 is 0.708 bits per heavy atom. The van der Waals surface area contributed by atoms with Crippen LogP contribution in [0, 0.1) is 0 Å². The van der Waals surface area contributed by atoms with Crippen molar-refractivity contribution in [2.75, 3.05) is 0 Å². The van der Waals surface area contributed by atoms with E-state index in [1.807, 2.05) is 29.3 Å². The van der Waals surface area contributed by atoms with Crippen LogP contribution in [-0.2, 0) is 13.1 Å². The molecular weight excluding hydrogens is 318 g/mol. The molecule has 118 valence electrons. The average Bonchev–Trinajstić information content (AvgIpc) is 2.78. The fraction of sp³-hybridized carbons (Fsp3) is 0.100. The highest BCUT2D eigenvalue weighted by atomic mass is 35.5. The Bertz CT molecular complexity index is 840. The van der Waals surface area contributed by atoms with Gasteiger partial charge in [-0.05, 0) is 46.5 Å². The van der Waals surface area contributed by atoms with E-state index in [-0.39, 0.29) is 0 Å². The van der Waals surface area contributed by atoms with Crippen molar-refractivity contribution in [1.29, 1.82) is 0 Å². The predicted molar refractivity (Wildman–Crippen MR) is 97.1 cm³/mol. The van der Waals surface area contributed by atoms with E-state index in [4.69, 9.17) is 11.6 Å². The minimum Gasteiger partial charge on any atom is -0.270 e. The SMILES string of the molecule is Clc1ccc(N=NN2Cc3ccccc3-c3ccccc3C2)cc1. The van der Waals surface area contributed by atoms with Gasteiger partial charge in [0.25, 0.3) is 0 Å². The van der Waals surface area contributed by atoms with Gasteiger partial charge in [-0.3, -0.25) is 5.01 Å². The van der Waals surface area contributed by atoms with E-state index in [0.717, 1.165) is 18.8 Å². The molecule has 0 aromatic heterocycles. The van der Waals surface area contributed by atoms with Gasteiger partial charge in [-0.15, -0.1) is 5.11 Å². The van der Waals surface area contributed by atoms with Crippen LogP contribution in [0.2, 0.25) is 5.02 Å². The summed E-state index contributed by atoms with van der Waals surface area (Å²) in [6, 6.07) is 24.3. The van der Waals surface area contributed by atoms with Crippen LogP contribution in [0.25, 0.3) is 11.1 Å². The zero-order valence-corrected chi connectivity index (χ0v) is 13.8. The molecule has 1 aliphatic rings. The normalized spacial score (nSPS) is 13.5. The van der Waals surface area contributed by atoms with Crippen molar-refractivity contribution in [2.24, 2.45) is 10.3 Å². The van der Waals surface area contributed by atoms with E-state index in [1.54, 1.807) is 0 Å². The second-order valence-corrected chi connectivity index (χ2v) is 6.24. The van der Waals surface area contributed by atoms with Crippen LogP contribution in [0.5, 0.6) is 0 Å². The summed E-state index contributed by atoms with van der Waals surface area (Å²) in [5.74, 6) is 0. The molecule has 1 heterocycles. The molecule has 4 rings (SSSR count). The van der Waals surface area contributed by atoms with Crippen molar-refractivity contribution in [3.05, 3.63) is 88.9 Å². The average molecular weight is 334 g/mol. The fourth-order valence-corrected chi connectivity index (χ4v) is 3.10. The summed E-state index contributed by atoms with van der Waals surface area (Å²) in [5.41, 5.74) is 5.87. The molecule has 3 nitrogen and oxygen atoms in total. The van der Waals surface area contributed by atoms with Gasteiger partial charge in [-0.2, -0.15) is 0 Å². The molecule has 0 fully saturated rings. The number of rotatable bonds is 2. The molecule has 0 unspecified atom stereocenters. The fourth-order valence-electron chi connectivity index (χ4n) is 2.98. The van der Waals surface area contributed by atoms with Crippen LogP contribution >= 0.6 is 11.6 Å². The second kappa shape index (κ2) is 6.46. The van der Waals surface area contributed by atoms with Gasteiger partial charge in [0.05, 0.1) is 18.8 Å². The summed E-state index contributed by atoms with van der Waals surface area (Å²) >= 11 is 5.91. The topological polar surface area (TPSA) is 28.0 Å². The first kappa shape index (κ1) is 14.9. The molecule has 0 amide bonds. The van der Waals surface area contributed by atoms with Crippen molar-refractivity contribution >= 4 is 17.3 Å². The third-order valence-electron chi connectivity index (χ3n) is 4.14. The summed E-state index contributed by atoms with van der Waals surface area (Å²) in [4.78, 5) is 0. The molecule has 0 aliphatic carbocycles. The molecule has 0 saturated heterocycles. The molecule has 1 aliphatic heterocycles. The number of halogens is 1. The maximum absolute atomic E-state index is 5.91. The molecule has 0 N–H and O–H groups in total. The number of fused-ring (bicyclic) bond motifs is 3. The van der Waals surface area contributed by atoms with Crippen molar-refractivity contribution < 1.29 is 0 Å². The lowest BCUT2D eigenvalue weighted by molar-refractivity contribution is 0.255. The number of hydrogen-bond acceptors (Lipinski definition) is 2. The Kier molecular flexibility index (Phi) is 4.01. The summed E-state index contributed by atoms with van der Waals surface area (Å²) in [5, 5.41) is 11.5.